The van der Waals surface area contributed by atoms with Crippen LogP contribution in [-0.2, 0) is 9.59 Å². The second kappa shape index (κ2) is 5.27. The highest BCUT2D eigenvalue weighted by Gasteiger charge is 2.29. The molecule has 1 saturated heterocycles. The summed E-state index contributed by atoms with van der Waals surface area (Å²) in [6.45, 7) is 2.45. The Labute approximate surface area is 104 Å². The fraction of sp³-hybridized carbons (Fsp3) is 0.545. The van der Waals surface area contributed by atoms with E-state index in [0.717, 1.165) is 11.4 Å². The molecule has 2 N–H and O–H groups in total. The third kappa shape index (κ3) is 2.82. The number of thiazole rings is 1. The minimum atomic E-state index is -0.239. The summed E-state index contributed by atoms with van der Waals surface area (Å²) in [4.78, 5) is 27.2. The fourth-order valence-corrected chi connectivity index (χ4v) is 2.60. The monoisotopic (exact) mass is 253 g/mol. The third-order valence-electron chi connectivity index (χ3n) is 2.82. The molecule has 0 radical (unpaired) electrons. The Morgan fingerprint density at radius 2 is 2.59 bits per heavy atom. The van der Waals surface area contributed by atoms with Gasteiger partial charge in [0.15, 0.2) is 0 Å². The van der Waals surface area contributed by atoms with Crippen molar-refractivity contribution in [3.8, 4) is 0 Å². The van der Waals surface area contributed by atoms with Crippen LogP contribution in [0.2, 0.25) is 0 Å². The average Bonchev–Trinajstić information content (AvgIpc) is 2.96. The molecular formula is C11H15N3O2S. The first-order valence-electron chi connectivity index (χ1n) is 5.67. The molecule has 0 aromatic carbocycles. The van der Waals surface area contributed by atoms with Gasteiger partial charge in [-0.1, -0.05) is 6.92 Å². The van der Waals surface area contributed by atoms with Crippen molar-refractivity contribution in [3.63, 3.8) is 0 Å². The first-order valence-corrected chi connectivity index (χ1v) is 6.55. The molecule has 1 aromatic rings. The van der Waals surface area contributed by atoms with E-state index in [4.69, 9.17) is 0 Å². The number of hydrogen-bond donors (Lipinski definition) is 2. The van der Waals surface area contributed by atoms with E-state index in [1.165, 1.54) is 11.3 Å². The lowest BCUT2D eigenvalue weighted by atomic mass is 10.1. The molecule has 1 aromatic heterocycles. The van der Waals surface area contributed by atoms with Gasteiger partial charge in [0.2, 0.25) is 11.8 Å². The standard InChI is InChI=1S/C11H15N3O2S/c1-2-8(11-12-3-4-17-11)14-10(16)7-5-9(15)13-6-7/h3-4,7-8H,2,5-6H2,1H3,(H,13,15)(H,14,16). The Kier molecular flexibility index (Phi) is 3.73. The predicted octanol–water partition coefficient (Wildman–Crippen LogP) is 0.846. The average molecular weight is 253 g/mol. The van der Waals surface area contributed by atoms with E-state index in [2.05, 4.69) is 15.6 Å². The van der Waals surface area contributed by atoms with Gasteiger partial charge in [0.1, 0.15) is 5.01 Å². The molecule has 0 spiro atoms. The van der Waals surface area contributed by atoms with E-state index in [-0.39, 0.29) is 23.8 Å². The van der Waals surface area contributed by atoms with Gasteiger partial charge in [-0.05, 0) is 6.42 Å². The van der Waals surface area contributed by atoms with Crippen molar-refractivity contribution in [1.29, 1.82) is 0 Å². The van der Waals surface area contributed by atoms with Crippen molar-refractivity contribution in [2.75, 3.05) is 6.54 Å². The molecule has 2 rings (SSSR count). The summed E-state index contributed by atoms with van der Waals surface area (Å²) in [6, 6.07) is -0.0433. The zero-order valence-electron chi connectivity index (χ0n) is 9.60. The van der Waals surface area contributed by atoms with E-state index in [0.29, 0.717) is 13.0 Å². The molecule has 2 unspecified atom stereocenters. The minimum Gasteiger partial charge on any atom is -0.355 e. The molecule has 2 atom stereocenters. The number of nitrogens with one attached hydrogen (secondary N) is 2. The van der Waals surface area contributed by atoms with Gasteiger partial charge in [-0.3, -0.25) is 9.59 Å². The lowest BCUT2D eigenvalue weighted by molar-refractivity contribution is -0.127. The van der Waals surface area contributed by atoms with Crippen molar-refractivity contribution >= 4 is 23.2 Å². The van der Waals surface area contributed by atoms with Gasteiger partial charge < -0.3 is 10.6 Å². The molecule has 2 heterocycles. The van der Waals surface area contributed by atoms with E-state index in [1.807, 2.05) is 12.3 Å². The molecule has 0 saturated carbocycles. The highest BCUT2D eigenvalue weighted by molar-refractivity contribution is 7.09. The maximum Gasteiger partial charge on any atom is 0.225 e. The van der Waals surface area contributed by atoms with E-state index in [9.17, 15) is 9.59 Å². The molecule has 6 heteroatoms. The first kappa shape index (κ1) is 12.0. The second-order valence-electron chi connectivity index (χ2n) is 4.04. The molecule has 0 aliphatic carbocycles. The summed E-state index contributed by atoms with van der Waals surface area (Å²) in [5.74, 6) is -0.352. The van der Waals surface area contributed by atoms with Crippen LogP contribution in [0.25, 0.3) is 0 Å². The fourth-order valence-electron chi connectivity index (χ4n) is 1.83. The molecule has 17 heavy (non-hydrogen) atoms. The van der Waals surface area contributed by atoms with Crippen molar-refractivity contribution in [1.82, 2.24) is 15.6 Å². The summed E-state index contributed by atoms with van der Waals surface area (Å²) in [5, 5.41) is 8.42. The molecule has 2 amide bonds. The highest BCUT2D eigenvalue weighted by atomic mass is 32.1. The summed E-state index contributed by atoms with van der Waals surface area (Å²) in [7, 11) is 0. The van der Waals surface area contributed by atoms with Crippen LogP contribution in [0.3, 0.4) is 0 Å². The van der Waals surface area contributed by atoms with Gasteiger partial charge in [0.05, 0.1) is 12.0 Å². The van der Waals surface area contributed by atoms with Crippen molar-refractivity contribution in [2.45, 2.75) is 25.8 Å². The molecule has 1 aliphatic rings. The van der Waals surface area contributed by atoms with Gasteiger partial charge in [0, 0.05) is 24.5 Å². The van der Waals surface area contributed by atoms with Crippen LogP contribution < -0.4 is 10.6 Å². The van der Waals surface area contributed by atoms with Crippen LogP contribution in [0, 0.1) is 5.92 Å². The quantitative estimate of drug-likeness (QED) is 0.835. The topological polar surface area (TPSA) is 71.1 Å². The van der Waals surface area contributed by atoms with Crippen LogP contribution in [0.5, 0.6) is 0 Å². The van der Waals surface area contributed by atoms with E-state index in [1.54, 1.807) is 6.20 Å². The minimum absolute atomic E-state index is 0.0433. The van der Waals surface area contributed by atoms with Crippen LogP contribution >= 0.6 is 11.3 Å². The molecule has 5 nitrogen and oxygen atoms in total. The number of aromatic nitrogens is 1. The lowest BCUT2D eigenvalue weighted by Crippen LogP contribution is -2.34. The summed E-state index contributed by atoms with van der Waals surface area (Å²) >= 11 is 1.53. The van der Waals surface area contributed by atoms with Crippen molar-refractivity contribution < 1.29 is 9.59 Å². The summed E-state index contributed by atoms with van der Waals surface area (Å²) in [6.07, 6.45) is 2.82. The zero-order chi connectivity index (χ0) is 12.3. The number of carbonyl (C=O) groups excluding carboxylic acids is 2. The maximum absolute atomic E-state index is 11.9. The predicted molar refractivity (Wildman–Crippen MR) is 64.4 cm³/mol. The van der Waals surface area contributed by atoms with E-state index >= 15 is 0 Å². The summed E-state index contributed by atoms with van der Waals surface area (Å²) in [5.41, 5.74) is 0. The van der Waals surface area contributed by atoms with Crippen molar-refractivity contribution in [3.05, 3.63) is 16.6 Å². The zero-order valence-corrected chi connectivity index (χ0v) is 10.4. The molecule has 92 valence electrons. The Hall–Kier alpha value is -1.43. The molecule has 1 aliphatic heterocycles. The van der Waals surface area contributed by atoms with Crippen LogP contribution in [0.4, 0.5) is 0 Å². The molecule has 0 bridgehead atoms. The van der Waals surface area contributed by atoms with Crippen LogP contribution in [0.15, 0.2) is 11.6 Å². The Bertz CT molecular complexity index is 405. The first-order chi connectivity index (χ1) is 8.20. The maximum atomic E-state index is 11.9. The Balaban J connectivity index is 1.95. The Morgan fingerprint density at radius 1 is 1.76 bits per heavy atom. The number of nitrogens with zero attached hydrogens (tertiary/aromatic N) is 1. The molecule has 1 fully saturated rings. The van der Waals surface area contributed by atoms with Gasteiger partial charge in [-0.15, -0.1) is 11.3 Å². The number of hydrogen-bond acceptors (Lipinski definition) is 4. The third-order valence-corrected chi connectivity index (χ3v) is 3.71. The summed E-state index contributed by atoms with van der Waals surface area (Å²) < 4.78 is 0. The van der Waals surface area contributed by atoms with Gasteiger partial charge in [-0.25, -0.2) is 4.98 Å². The van der Waals surface area contributed by atoms with Crippen LogP contribution in [0.1, 0.15) is 30.8 Å². The van der Waals surface area contributed by atoms with Gasteiger partial charge in [0.25, 0.3) is 0 Å². The number of amides is 2. The van der Waals surface area contributed by atoms with E-state index < -0.39 is 0 Å². The number of rotatable bonds is 4. The highest BCUT2D eigenvalue weighted by Crippen LogP contribution is 2.20. The number of carbonyl (C=O) groups is 2. The second-order valence-corrected chi connectivity index (χ2v) is 4.97. The normalized spacial score (nSPS) is 21.0. The molecular weight excluding hydrogens is 238 g/mol. The largest absolute Gasteiger partial charge is 0.355 e. The lowest BCUT2D eigenvalue weighted by Gasteiger charge is -2.16. The van der Waals surface area contributed by atoms with Crippen LogP contribution in [-0.4, -0.2) is 23.3 Å². The van der Waals surface area contributed by atoms with Crippen molar-refractivity contribution in [2.24, 2.45) is 5.92 Å². The van der Waals surface area contributed by atoms with Gasteiger partial charge >= 0.3 is 0 Å². The smallest absolute Gasteiger partial charge is 0.225 e. The van der Waals surface area contributed by atoms with Gasteiger partial charge in [-0.2, -0.15) is 0 Å². The Morgan fingerprint density at radius 3 is 3.12 bits per heavy atom. The SMILES string of the molecule is CCC(NC(=O)C1CNC(=O)C1)c1nccs1.